The highest BCUT2D eigenvalue weighted by Gasteiger charge is 2.31. The standard InChI is InChI=1S/C22H29N7O3.CH4O/c1-4-6-13(2)25-21(31)14-12-24-29-19(23-3)11-18(27-20(14)29)26-15-7-5-10-28(22(15)32)16-8-9-17(16)30;1-2/h5,7,10-13,16-17,23,30H,4,6,8-9H2,1-3H3,(H,25,31)(H,26,27);2H,1H3. The third kappa shape index (κ3) is 5.05. The topological polar surface area (TPSA) is 146 Å². The van der Waals surface area contributed by atoms with E-state index in [4.69, 9.17) is 5.11 Å². The van der Waals surface area contributed by atoms with E-state index >= 15 is 0 Å². The molecule has 3 atom stereocenters. The maximum atomic E-state index is 12.9. The first-order valence-electron chi connectivity index (χ1n) is 11.4. The number of aliphatic hydroxyl groups excluding tert-OH is 2. The highest BCUT2D eigenvalue weighted by Crippen LogP contribution is 2.31. The van der Waals surface area contributed by atoms with Gasteiger partial charge in [-0.1, -0.05) is 13.3 Å². The minimum Gasteiger partial charge on any atom is -0.400 e. The highest BCUT2D eigenvalue weighted by atomic mass is 16.3. The Bertz CT molecular complexity index is 1190. The third-order valence-corrected chi connectivity index (χ3v) is 5.87. The molecule has 0 saturated heterocycles. The van der Waals surface area contributed by atoms with Crippen molar-refractivity contribution in [3.05, 3.63) is 46.5 Å². The van der Waals surface area contributed by atoms with E-state index < -0.39 is 6.10 Å². The van der Waals surface area contributed by atoms with E-state index in [1.807, 2.05) is 6.92 Å². The molecule has 1 aliphatic carbocycles. The third-order valence-electron chi connectivity index (χ3n) is 5.87. The van der Waals surface area contributed by atoms with Crippen LogP contribution in [0.2, 0.25) is 0 Å². The zero-order chi connectivity index (χ0) is 24.8. The Morgan fingerprint density at radius 1 is 1.32 bits per heavy atom. The van der Waals surface area contributed by atoms with Crippen molar-refractivity contribution in [2.24, 2.45) is 0 Å². The second-order valence-electron chi connectivity index (χ2n) is 8.20. The zero-order valence-corrected chi connectivity index (χ0v) is 19.9. The minimum absolute atomic E-state index is 0.0390. The van der Waals surface area contributed by atoms with Gasteiger partial charge in [0.25, 0.3) is 11.5 Å². The first-order chi connectivity index (χ1) is 16.4. The van der Waals surface area contributed by atoms with Crippen molar-refractivity contribution >= 4 is 28.9 Å². The van der Waals surface area contributed by atoms with Crippen LogP contribution in [0.4, 0.5) is 17.3 Å². The lowest BCUT2D eigenvalue weighted by Gasteiger charge is -2.34. The second-order valence-corrected chi connectivity index (χ2v) is 8.20. The van der Waals surface area contributed by atoms with E-state index in [-0.39, 0.29) is 23.6 Å². The molecule has 0 bridgehead atoms. The summed E-state index contributed by atoms with van der Waals surface area (Å²) in [6.07, 6.45) is 5.99. The molecule has 0 spiro atoms. The SMILES string of the molecule is CCCC(C)NC(=O)c1cnn2c(NC)cc(Nc3cccn(C4CCC4O)c3=O)nc12.CO. The van der Waals surface area contributed by atoms with Crippen molar-refractivity contribution in [1.29, 1.82) is 0 Å². The number of nitrogens with one attached hydrogen (secondary N) is 3. The number of hydrogen-bond acceptors (Lipinski definition) is 8. The molecule has 3 aromatic heterocycles. The van der Waals surface area contributed by atoms with E-state index in [1.165, 1.54) is 6.20 Å². The van der Waals surface area contributed by atoms with Gasteiger partial charge in [-0.05, 0) is 38.3 Å². The molecule has 1 amide bonds. The van der Waals surface area contributed by atoms with Crippen LogP contribution in [0.5, 0.6) is 0 Å². The van der Waals surface area contributed by atoms with Crippen molar-refractivity contribution in [3.8, 4) is 0 Å². The maximum Gasteiger partial charge on any atom is 0.274 e. The number of anilines is 3. The van der Waals surface area contributed by atoms with Crippen molar-refractivity contribution in [1.82, 2.24) is 24.5 Å². The summed E-state index contributed by atoms with van der Waals surface area (Å²) in [6, 6.07) is 4.99. The van der Waals surface area contributed by atoms with Crippen LogP contribution in [-0.4, -0.2) is 61.6 Å². The Morgan fingerprint density at radius 3 is 2.71 bits per heavy atom. The number of fused-ring (bicyclic) bond motifs is 1. The Balaban J connectivity index is 0.00000158. The molecule has 5 N–H and O–H groups in total. The van der Waals surface area contributed by atoms with E-state index in [2.05, 4.69) is 33.0 Å². The average molecular weight is 472 g/mol. The summed E-state index contributed by atoms with van der Waals surface area (Å²) in [4.78, 5) is 30.3. The van der Waals surface area contributed by atoms with E-state index in [9.17, 15) is 14.7 Å². The largest absolute Gasteiger partial charge is 0.400 e. The van der Waals surface area contributed by atoms with Gasteiger partial charge in [0, 0.05) is 32.5 Å². The van der Waals surface area contributed by atoms with E-state index in [1.54, 1.807) is 40.5 Å². The Hall–Kier alpha value is -3.44. The van der Waals surface area contributed by atoms with Gasteiger partial charge < -0.3 is 30.7 Å². The Kier molecular flexibility index (Phi) is 8.24. The highest BCUT2D eigenvalue weighted by molar-refractivity contribution is 6.00. The summed E-state index contributed by atoms with van der Waals surface area (Å²) in [5, 5.41) is 30.4. The van der Waals surface area contributed by atoms with Crippen LogP contribution in [0.25, 0.3) is 5.65 Å². The normalized spacial score (nSPS) is 17.8. The molecule has 3 aromatic rings. The maximum absolute atomic E-state index is 12.9. The molecule has 3 heterocycles. The van der Waals surface area contributed by atoms with Crippen LogP contribution in [0, 0.1) is 0 Å². The quantitative estimate of drug-likeness (QED) is 0.335. The van der Waals surface area contributed by atoms with Gasteiger partial charge in [-0.3, -0.25) is 9.59 Å². The fourth-order valence-corrected chi connectivity index (χ4v) is 3.97. The first-order valence-corrected chi connectivity index (χ1v) is 11.4. The van der Waals surface area contributed by atoms with Gasteiger partial charge in [0.2, 0.25) is 0 Å². The van der Waals surface area contributed by atoms with Crippen LogP contribution in [0.3, 0.4) is 0 Å². The molecule has 1 aliphatic rings. The average Bonchev–Trinajstić information content (AvgIpc) is 3.25. The fourth-order valence-electron chi connectivity index (χ4n) is 3.97. The molecule has 3 unspecified atom stereocenters. The lowest BCUT2D eigenvalue weighted by atomic mass is 9.89. The van der Waals surface area contributed by atoms with Gasteiger partial charge in [0.1, 0.15) is 22.9 Å². The number of rotatable bonds is 8. The summed E-state index contributed by atoms with van der Waals surface area (Å²) in [5.74, 6) is 0.777. The predicted molar refractivity (Wildman–Crippen MR) is 131 cm³/mol. The molecule has 1 fully saturated rings. The number of aromatic nitrogens is 4. The number of hydrogen-bond donors (Lipinski definition) is 5. The summed E-state index contributed by atoms with van der Waals surface area (Å²) >= 11 is 0. The van der Waals surface area contributed by atoms with Crippen LogP contribution >= 0.6 is 0 Å². The van der Waals surface area contributed by atoms with Crippen molar-refractivity contribution in [2.45, 2.75) is 57.7 Å². The summed E-state index contributed by atoms with van der Waals surface area (Å²) in [5.41, 5.74) is 0.846. The molecule has 0 radical (unpaired) electrons. The molecule has 1 saturated carbocycles. The summed E-state index contributed by atoms with van der Waals surface area (Å²) in [7, 11) is 2.75. The molecular weight excluding hydrogens is 438 g/mol. The van der Waals surface area contributed by atoms with Gasteiger partial charge in [0.15, 0.2) is 5.65 Å². The fraction of sp³-hybridized carbons (Fsp3) is 0.478. The molecule has 4 rings (SSSR count). The van der Waals surface area contributed by atoms with Gasteiger partial charge in [0.05, 0.1) is 18.3 Å². The van der Waals surface area contributed by atoms with Crippen LogP contribution in [-0.2, 0) is 0 Å². The molecule has 11 nitrogen and oxygen atoms in total. The van der Waals surface area contributed by atoms with E-state index in [0.717, 1.165) is 26.4 Å². The van der Waals surface area contributed by atoms with Crippen molar-refractivity contribution in [2.75, 3.05) is 24.8 Å². The predicted octanol–water partition coefficient (Wildman–Crippen LogP) is 1.90. The summed E-state index contributed by atoms with van der Waals surface area (Å²) in [6.45, 7) is 4.03. The number of aliphatic hydroxyl groups is 2. The zero-order valence-electron chi connectivity index (χ0n) is 19.9. The van der Waals surface area contributed by atoms with Crippen LogP contribution in [0.1, 0.15) is 55.9 Å². The van der Waals surface area contributed by atoms with E-state index in [0.29, 0.717) is 35.0 Å². The first kappa shape index (κ1) is 25.2. The molecule has 11 heteroatoms. The monoisotopic (exact) mass is 471 g/mol. The Labute approximate surface area is 197 Å². The molecule has 184 valence electrons. The minimum atomic E-state index is -0.503. The second kappa shape index (κ2) is 11.1. The molecular formula is C23H33N7O4. The van der Waals surface area contributed by atoms with Gasteiger partial charge in [-0.25, -0.2) is 4.98 Å². The van der Waals surface area contributed by atoms with Gasteiger partial charge >= 0.3 is 0 Å². The Morgan fingerprint density at radius 2 is 2.09 bits per heavy atom. The van der Waals surface area contributed by atoms with Gasteiger partial charge in [-0.2, -0.15) is 9.61 Å². The number of nitrogens with zero attached hydrogens (tertiary/aromatic N) is 4. The van der Waals surface area contributed by atoms with Crippen molar-refractivity contribution in [3.63, 3.8) is 0 Å². The number of carbonyl (C=O) groups is 1. The number of pyridine rings is 1. The number of amides is 1. The molecule has 0 aromatic carbocycles. The van der Waals surface area contributed by atoms with Crippen LogP contribution < -0.4 is 21.5 Å². The summed E-state index contributed by atoms with van der Waals surface area (Å²) < 4.78 is 3.11. The lowest BCUT2D eigenvalue weighted by Crippen LogP contribution is -2.39. The smallest absolute Gasteiger partial charge is 0.274 e. The van der Waals surface area contributed by atoms with Crippen LogP contribution in [0.15, 0.2) is 35.4 Å². The molecule has 34 heavy (non-hydrogen) atoms. The molecule has 0 aliphatic heterocycles. The number of carbonyl (C=O) groups excluding carboxylic acids is 1. The van der Waals surface area contributed by atoms with Crippen molar-refractivity contribution < 1.29 is 15.0 Å². The lowest BCUT2D eigenvalue weighted by molar-refractivity contribution is 0.0300. The van der Waals surface area contributed by atoms with Gasteiger partial charge in [-0.15, -0.1) is 0 Å².